The van der Waals surface area contributed by atoms with Crippen molar-refractivity contribution in [2.45, 2.75) is 13.8 Å². The highest BCUT2D eigenvalue weighted by molar-refractivity contribution is 7.88. The molecule has 1 aromatic rings. The molecule has 0 aliphatic rings. The highest BCUT2D eigenvalue weighted by Gasteiger charge is 2.19. The van der Waals surface area contributed by atoms with Gasteiger partial charge in [0, 0.05) is 19.3 Å². The third kappa shape index (κ3) is 5.82. The van der Waals surface area contributed by atoms with Gasteiger partial charge >= 0.3 is 0 Å². The van der Waals surface area contributed by atoms with Crippen molar-refractivity contribution >= 4 is 21.6 Å². The van der Waals surface area contributed by atoms with Gasteiger partial charge in [0.1, 0.15) is 0 Å². The number of amides is 1. The zero-order valence-electron chi connectivity index (χ0n) is 12.8. The maximum Gasteiger partial charge on any atom is 0.239 e. The Labute approximate surface area is 126 Å². The molecule has 0 atom stereocenters. The summed E-state index contributed by atoms with van der Waals surface area (Å²) in [5.41, 5.74) is 2.85. The molecule has 0 fully saturated rings. The number of sulfonamides is 1. The lowest BCUT2D eigenvalue weighted by atomic mass is 10.1. The molecule has 1 aromatic carbocycles. The van der Waals surface area contributed by atoms with E-state index in [1.165, 1.54) is 7.11 Å². The van der Waals surface area contributed by atoms with Crippen LogP contribution in [-0.4, -0.2) is 51.7 Å². The molecule has 1 amide bonds. The van der Waals surface area contributed by atoms with Gasteiger partial charge in [-0.2, -0.15) is 4.31 Å². The van der Waals surface area contributed by atoms with Crippen molar-refractivity contribution in [1.29, 1.82) is 0 Å². The van der Waals surface area contributed by atoms with E-state index >= 15 is 0 Å². The van der Waals surface area contributed by atoms with Crippen LogP contribution in [0.4, 0.5) is 5.69 Å². The van der Waals surface area contributed by atoms with Gasteiger partial charge in [-0.15, -0.1) is 0 Å². The highest BCUT2D eigenvalue weighted by atomic mass is 32.2. The fraction of sp³-hybridized carbons (Fsp3) is 0.500. The summed E-state index contributed by atoms with van der Waals surface area (Å²) in [6.07, 6.45) is 1.08. The largest absolute Gasteiger partial charge is 0.383 e. The van der Waals surface area contributed by atoms with E-state index in [1.807, 2.05) is 26.0 Å². The van der Waals surface area contributed by atoms with Crippen molar-refractivity contribution in [3.8, 4) is 0 Å². The number of nitrogens with zero attached hydrogens (tertiary/aromatic N) is 1. The smallest absolute Gasteiger partial charge is 0.239 e. The van der Waals surface area contributed by atoms with E-state index in [9.17, 15) is 13.2 Å². The monoisotopic (exact) mass is 314 g/mol. The van der Waals surface area contributed by atoms with Gasteiger partial charge in [-0.1, -0.05) is 6.07 Å². The summed E-state index contributed by atoms with van der Waals surface area (Å²) in [7, 11) is -1.97. The SMILES string of the molecule is COCCN(CC(=O)Nc1ccc(C)c(C)c1)S(C)(=O)=O. The van der Waals surface area contributed by atoms with Gasteiger partial charge in [0.15, 0.2) is 0 Å². The molecule has 0 aliphatic carbocycles. The number of benzene rings is 1. The Morgan fingerprint density at radius 1 is 1.29 bits per heavy atom. The van der Waals surface area contributed by atoms with Crippen molar-refractivity contribution in [1.82, 2.24) is 4.31 Å². The predicted molar refractivity (Wildman–Crippen MR) is 82.8 cm³/mol. The Hall–Kier alpha value is -1.44. The molecule has 0 bridgehead atoms. The summed E-state index contributed by atoms with van der Waals surface area (Å²) >= 11 is 0. The van der Waals surface area contributed by atoms with Gasteiger partial charge in [0.05, 0.1) is 19.4 Å². The van der Waals surface area contributed by atoms with Crippen LogP contribution in [0, 0.1) is 13.8 Å². The summed E-state index contributed by atoms with van der Waals surface area (Å²) in [5, 5.41) is 2.70. The first kappa shape index (κ1) is 17.6. The lowest BCUT2D eigenvalue weighted by molar-refractivity contribution is -0.116. The first-order valence-corrected chi connectivity index (χ1v) is 8.40. The number of rotatable bonds is 7. The van der Waals surface area contributed by atoms with E-state index in [-0.39, 0.29) is 25.6 Å². The van der Waals surface area contributed by atoms with Gasteiger partial charge in [-0.25, -0.2) is 8.42 Å². The first-order valence-electron chi connectivity index (χ1n) is 6.55. The number of hydrogen-bond acceptors (Lipinski definition) is 4. The van der Waals surface area contributed by atoms with E-state index in [0.29, 0.717) is 5.69 Å². The summed E-state index contributed by atoms with van der Waals surface area (Å²) < 4.78 is 29.2. The van der Waals surface area contributed by atoms with Crippen molar-refractivity contribution in [2.24, 2.45) is 0 Å². The molecular formula is C14H22N2O4S. The van der Waals surface area contributed by atoms with Crippen LogP contribution in [0.3, 0.4) is 0 Å². The van der Waals surface area contributed by atoms with E-state index < -0.39 is 10.0 Å². The average molecular weight is 314 g/mol. The molecule has 21 heavy (non-hydrogen) atoms. The van der Waals surface area contributed by atoms with Crippen molar-refractivity contribution < 1.29 is 17.9 Å². The summed E-state index contributed by atoms with van der Waals surface area (Å²) in [6.45, 7) is 4.10. The van der Waals surface area contributed by atoms with Gasteiger partial charge in [-0.3, -0.25) is 4.79 Å². The molecule has 118 valence electrons. The molecule has 7 heteroatoms. The molecule has 0 heterocycles. The number of methoxy groups -OCH3 is 1. The third-order valence-electron chi connectivity index (χ3n) is 3.12. The minimum atomic E-state index is -3.45. The number of carbonyl (C=O) groups excluding carboxylic acids is 1. The molecule has 0 spiro atoms. The van der Waals surface area contributed by atoms with E-state index in [2.05, 4.69) is 5.32 Å². The van der Waals surface area contributed by atoms with Crippen LogP contribution in [-0.2, 0) is 19.6 Å². The summed E-state index contributed by atoms with van der Waals surface area (Å²) in [6, 6.07) is 5.55. The molecule has 0 aliphatic heterocycles. The number of aryl methyl sites for hydroxylation is 2. The topological polar surface area (TPSA) is 75.7 Å². The Bertz CT molecular complexity index is 599. The molecule has 0 saturated carbocycles. The Morgan fingerprint density at radius 2 is 1.95 bits per heavy atom. The minimum absolute atomic E-state index is 0.148. The number of carbonyl (C=O) groups is 1. The predicted octanol–water partition coefficient (Wildman–Crippen LogP) is 1.15. The van der Waals surface area contributed by atoms with Crippen molar-refractivity contribution in [2.75, 3.05) is 38.4 Å². The number of nitrogens with one attached hydrogen (secondary N) is 1. The minimum Gasteiger partial charge on any atom is -0.383 e. The maximum absolute atomic E-state index is 12.0. The summed E-state index contributed by atoms with van der Waals surface area (Å²) in [5.74, 6) is -0.375. The quantitative estimate of drug-likeness (QED) is 0.819. The molecule has 1 rings (SSSR count). The van der Waals surface area contributed by atoms with Gasteiger partial charge < -0.3 is 10.1 Å². The lowest BCUT2D eigenvalue weighted by Crippen LogP contribution is -2.39. The zero-order chi connectivity index (χ0) is 16.0. The van der Waals surface area contributed by atoms with Crippen LogP contribution in [0.25, 0.3) is 0 Å². The zero-order valence-corrected chi connectivity index (χ0v) is 13.7. The molecule has 0 saturated heterocycles. The van der Waals surface area contributed by atoms with Crippen molar-refractivity contribution in [3.05, 3.63) is 29.3 Å². The van der Waals surface area contributed by atoms with E-state index in [0.717, 1.165) is 21.7 Å². The second kappa shape index (κ2) is 7.53. The van der Waals surface area contributed by atoms with Crippen LogP contribution in [0.15, 0.2) is 18.2 Å². The van der Waals surface area contributed by atoms with Crippen LogP contribution in [0.1, 0.15) is 11.1 Å². The Kier molecular flexibility index (Phi) is 6.32. The Morgan fingerprint density at radius 3 is 2.48 bits per heavy atom. The average Bonchev–Trinajstić information content (AvgIpc) is 2.37. The van der Waals surface area contributed by atoms with Crippen LogP contribution in [0.2, 0.25) is 0 Å². The second-order valence-corrected chi connectivity index (χ2v) is 6.92. The van der Waals surface area contributed by atoms with Crippen LogP contribution < -0.4 is 5.32 Å². The fourth-order valence-corrected chi connectivity index (χ4v) is 2.49. The molecule has 6 nitrogen and oxygen atoms in total. The third-order valence-corrected chi connectivity index (χ3v) is 4.37. The number of anilines is 1. The standard InChI is InChI=1S/C14H22N2O4S/c1-11-5-6-13(9-12(11)2)15-14(17)10-16(7-8-20-3)21(4,18)19/h5-6,9H,7-8,10H2,1-4H3,(H,15,17). The summed E-state index contributed by atoms with van der Waals surface area (Å²) in [4.78, 5) is 12.0. The number of hydrogen-bond donors (Lipinski definition) is 1. The van der Waals surface area contributed by atoms with E-state index in [4.69, 9.17) is 4.74 Å². The first-order chi connectivity index (χ1) is 9.74. The molecule has 0 radical (unpaired) electrons. The van der Waals surface area contributed by atoms with Gasteiger partial charge in [0.25, 0.3) is 0 Å². The molecule has 0 aromatic heterocycles. The van der Waals surface area contributed by atoms with Gasteiger partial charge in [-0.05, 0) is 37.1 Å². The molecule has 1 N–H and O–H groups in total. The van der Waals surface area contributed by atoms with Crippen LogP contribution in [0.5, 0.6) is 0 Å². The lowest BCUT2D eigenvalue weighted by Gasteiger charge is -2.19. The van der Waals surface area contributed by atoms with Crippen LogP contribution >= 0.6 is 0 Å². The normalized spacial score (nSPS) is 11.7. The van der Waals surface area contributed by atoms with Crippen molar-refractivity contribution in [3.63, 3.8) is 0 Å². The molecular weight excluding hydrogens is 292 g/mol. The second-order valence-electron chi connectivity index (χ2n) is 4.94. The maximum atomic E-state index is 12.0. The molecule has 0 unspecified atom stereocenters. The number of ether oxygens (including phenoxy) is 1. The Balaban J connectivity index is 2.71. The fourth-order valence-electron chi connectivity index (χ4n) is 1.74. The van der Waals surface area contributed by atoms with Gasteiger partial charge in [0.2, 0.25) is 15.9 Å². The van der Waals surface area contributed by atoms with E-state index in [1.54, 1.807) is 6.07 Å². The highest BCUT2D eigenvalue weighted by Crippen LogP contribution is 2.14.